The minimum Gasteiger partial charge on any atom is -0.351 e. The maximum atomic E-state index is 11.1. The third-order valence-corrected chi connectivity index (χ3v) is 4.00. The van der Waals surface area contributed by atoms with Crippen LogP contribution in [-0.4, -0.2) is 23.5 Å². The Bertz CT molecular complexity index is 384. The SMILES string of the molecule is CCC(C)N1C=C(C=O)C2CCC(C=O)C2=C1. The van der Waals surface area contributed by atoms with Crippen molar-refractivity contribution >= 4 is 12.6 Å². The standard InChI is InChI=1S/C14H19NO2/c1-3-10(2)15-6-12(9-17)13-5-4-11(8-16)14(13)7-15/h6-11,13H,3-5H2,1-2H3. The van der Waals surface area contributed by atoms with Crippen molar-refractivity contribution in [3.05, 3.63) is 23.5 Å². The summed E-state index contributed by atoms with van der Waals surface area (Å²) < 4.78 is 0. The first-order chi connectivity index (χ1) is 8.21. The molecule has 3 heteroatoms. The fourth-order valence-electron chi connectivity index (χ4n) is 2.68. The molecule has 3 atom stereocenters. The maximum absolute atomic E-state index is 11.1. The zero-order valence-electron chi connectivity index (χ0n) is 10.4. The minimum absolute atomic E-state index is 0.00945. The van der Waals surface area contributed by atoms with Crippen LogP contribution in [0.2, 0.25) is 0 Å². The van der Waals surface area contributed by atoms with Crippen LogP contribution in [0.1, 0.15) is 33.1 Å². The van der Waals surface area contributed by atoms with E-state index >= 15 is 0 Å². The van der Waals surface area contributed by atoms with E-state index in [-0.39, 0.29) is 11.8 Å². The van der Waals surface area contributed by atoms with Gasteiger partial charge in [0.15, 0.2) is 0 Å². The van der Waals surface area contributed by atoms with Crippen LogP contribution in [0.4, 0.5) is 0 Å². The Morgan fingerprint density at radius 3 is 2.76 bits per heavy atom. The normalized spacial score (nSPS) is 29.2. The van der Waals surface area contributed by atoms with Crippen LogP contribution in [-0.2, 0) is 9.59 Å². The number of carbonyl (C=O) groups excluding carboxylic acids is 2. The van der Waals surface area contributed by atoms with Gasteiger partial charge in [0.1, 0.15) is 12.6 Å². The number of allylic oxidation sites excluding steroid dienone is 2. The highest BCUT2D eigenvalue weighted by Crippen LogP contribution is 2.42. The number of aldehydes is 2. The van der Waals surface area contributed by atoms with Crippen LogP contribution in [0, 0.1) is 11.8 Å². The molecule has 2 rings (SSSR count). The molecule has 2 aliphatic rings. The summed E-state index contributed by atoms with van der Waals surface area (Å²) in [4.78, 5) is 24.3. The van der Waals surface area contributed by atoms with E-state index in [0.717, 1.165) is 43.0 Å². The molecule has 1 fully saturated rings. The van der Waals surface area contributed by atoms with Gasteiger partial charge in [0.25, 0.3) is 0 Å². The van der Waals surface area contributed by atoms with Crippen molar-refractivity contribution in [2.24, 2.45) is 11.8 Å². The van der Waals surface area contributed by atoms with Crippen molar-refractivity contribution in [2.45, 2.75) is 39.2 Å². The van der Waals surface area contributed by atoms with Crippen LogP contribution in [0.25, 0.3) is 0 Å². The number of hydrogen-bond donors (Lipinski definition) is 0. The zero-order chi connectivity index (χ0) is 12.4. The first-order valence-corrected chi connectivity index (χ1v) is 6.32. The van der Waals surface area contributed by atoms with Gasteiger partial charge in [0.05, 0.1) is 0 Å². The molecule has 1 saturated carbocycles. The van der Waals surface area contributed by atoms with Gasteiger partial charge in [-0.25, -0.2) is 0 Å². The summed E-state index contributed by atoms with van der Waals surface area (Å²) in [6.07, 6.45) is 8.81. The molecule has 0 aromatic rings. The Kier molecular flexibility index (Phi) is 3.46. The van der Waals surface area contributed by atoms with Crippen LogP contribution >= 0.6 is 0 Å². The van der Waals surface area contributed by atoms with Crippen molar-refractivity contribution in [3.63, 3.8) is 0 Å². The lowest BCUT2D eigenvalue weighted by molar-refractivity contribution is -0.110. The summed E-state index contributed by atoms with van der Waals surface area (Å²) in [5.41, 5.74) is 1.96. The molecule has 0 spiro atoms. The second-order valence-corrected chi connectivity index (χ2v) is 4.95. The lowest BCUT2D eigenvalue weighted by Crippen LogP contribution is -2.28. The fraction of sp³-hybridized carbons (Fsp3) is 0.571. The molecule has 3 unspecified atom stereocenters. The molecule has 0 radical (unpaired) electrons. The smallest absolute Gasteiger partial charge is 0.148 e. The molecule has 1 aliphatic heterocycles. The third kappa shape index (κ3) is 2.06. The molecule has 0 saturated heterocycles. The van der Waals surface area contributed by atoms with Crippen LogP contribution < -0.4 is 0 Å². The quantitative estimate of drug-likeness (QED) is 0.699. The van der Waals surface area contributed by atoms with E-state index in [2.05, 4.69) is 24.9 Å². The summed E-state index contributed by atoms with van der Waals surface area (Å²) in [6.45, 7) is 4.25. The average Bonchev–Trinajstić information content (AvgIpc) is 2.79. The third-order valence-electron chi connectivity index (χ3n) is 4.00. The highest BCUT2D eigenvalue weighted by atomic mass is 16.1. The number of carbonyl (C=O) groups is 2. The summed E-state index contributed by atoms with van der Waals surface area (Å²) >= 11 is 0. The van der Waals surface area contributed by atoms with E-state index in [1.165, 1.54) is 0 Å². The van der Waals surface area contributed by atoms with E-state index in [1.807, 2.05) is 6.20 Å². The molecular formula is C14H19NO2. The Morgan fingerprint density at radius 2 is 2.18 bits per heavy atom. The number of nitrogens with zero attached hydrogens (tertiary/aromatic N) is 1. The highest BCUT2D eigenvalue weighted by Gasteiger charge is 2.35. The van der Waals surface area contributed by atoms with Gasteiger partial charge in [-0.15, -0.1) is 0 Å². The van der Waals surface area contributed by atoms with Crippen LogP contribution in [0.5, 0.6) is 0 Å². The van der Waals surface area contributed by atoms with Gasteiger partial charge in [-0.2, -0.15) is 0 Å². The molecule has 0 aromatic carbocycles. The molecule has 0 aromatic heterocycles. The lowest BCUT2D eigenvalue weighted by atomic mass is 9.90. The molecular weight excluding hydrogens is 214 g/mol. The zero-order valence-corrected chi connectivity index (χ0v) is 10.4. The first-order valence-electron chi connectivity index (χ1n) is 6.32. The first kappa shape index (κ1) is 12.1. The highest BCUT2D eigenvalue weighted by molar-refractivity contribution is 5.77. The molecule has 0 amide bonds. The van der Waals surface area contributed by atoms with Crippen LogP contribution in [0.15, 0.2) is 23.5 Å². The molecule has 92 valence electrons. The maximum Gasteiger partial charge on any atom is 0.148 e. The van der Waals surface area contributed by atoms with Gasteiger partial charge >= 0.3 is 0 Å². The van der Waals surface area contributed by atoms with Gasteiger partial charge in [-0.05, 0) is 31.8 Å². The molecule has 1 aliphatic carbocycles. The van der Waals surface area contributed by atoms with Gasteiger partial charge in [0.2, 0.25) is 0 Å². The predicted octanol–water partition coefficient (Wildman–Crippen LogP) is 2.29. The number of fused-ring (bicyclic) bond motifs is 1. The second kappa shape index (κ2) is 4.86. The van der Waals surface area contributed by atoms with Crippen molar-refractivity contribution in [1.29, 1.82) is 0 Å². The molecule has 0 bridgehead atoms. The van der Waals surface area contributed by atoms with Crippen molar-refractivity contribution < 1.29 is 9.59 Å². The van der Waals surface area contributed by atoms with Gasteiger partial charge < -0.3 is 9.69 Å². The molecule has 3 nitrogen and oxygen atoms in total. The van der Waals surface area contributed by atoms with E-state index in [4.69, 9.17) is 0 Å². The summed E-state index contributed by atoms with van der Waals surface area (Å²) in [5.74, 6) is 0.193. The molecule has 1 heterocycles. The fourth-order valence-corrected chi connectivity index (χ4v) is 2.68. The topological polar surface area (TPSA) is 37.4 Å². The van der Waals surface area contributed by atoms with E-state index in [9.17, 15) is 9.59 Å². The van der Waals surface area contributed by atoms with E-state index in [0.29, 0.717) is 6.04 Å². The van der Waals surface area contributed by atoms with Crippen molar-refractivity contribution in [3.8, 4) is 0 Å². The Morgan fingerprint density at radius 1 is 1.41 bits per heavy atom. The summed E-state index contributed by atoms with van der Waals surface area (Å²) in [5, 5.41) is 0. The van der Waals surface area contributed by atoms with E-state index in [1.54, 1.807) is 0 Å². The minimum atomic E-state index is 0.00945. The molecule has 17 heavy (non-hydrogen) atoms. The average molecular weight is 233 g/mol. The Hall–Kier alpha value is -1.38. The van der Waals surface area contributed by atoms with Gasteiger partial charge in [-0.3, -0.25) is 4.79 Å². The van der Waals surface area contributed by atoms with E-state index < -0.39 is 0 Å². The monoisotopic (exact) mass is 233 g/mol. The largest absolute Gasteiger partial charge is 0.351 e. The number of hydrogen-bond acceptors (Lipinski definition) is 3. The Balaban J connectivity index is 2.32. The summed E-state index contributed by atoms with van der Waals surface area (Å²) in [7, 11) is 0. The predicted molar refractivity (Wildman–Crippen MR) is 66.1 cm³/mol. The van der Waals surface area contributed by atoms with Crippen molar-refractivity contribution in [1.82, 2.24) is 4.90 Å². The summed E-state index contributed by atoms with van der Waals surface area (Å²) in [6, 6.07) is 0.367. The van der Waals surface area contributed by atoms with Crippen LogP contribution in [0.3, 0.4) is 0 Å². The second-order valence-electron chi connectivity index (χ2n) is 4.95. The van der Waals surface area contributed by atoms with Gasteiger partial charge in [-0.1, -0.05) is 6.92 Å². The lowest BCUT2D eigenvalue weighted by Gasteiger charge is -2.31. The Labute approximate surface area is 102 Å². The van der Waals surface area contributed by atoms with Gasteiger partial charge in [0, 0.05) is 35.9 Å². The number of rotatable bonds is 4. The van der Waals surface area contributed by atoms with Crippen molar-refractivity contribution in [2.75, 3.05) is 0 Å². The molecule has 0 N–H and O–H groups in total.